The fourth-order valence-electron chi connectivity index (χ4n) is 4.67. The molecule has 0 unspecified atom stereocenters. The monoisotopic (exact) mass is 442 g/mol. The quantitative estimate of drug-likeness (QED) is 0.461. The number of carbonyl (C=O) groups is 2. The van der Waals surface area contributed by atoms with Crippen LogP contribution in [0.4, 0.5) is 0 Å². The van der Waals surface area contributed by atoms with Gasteiger partial charge in [0.25, 0.3) is 5.56 Å². The van der Waals surface area contributed by atoms with Gasteiger partial charge in [0.1, 0.15) is 16.9 Å². The SMILES string of the molecule is O=C(O)c1cccn1C1(C(=O)c2nn(-c3ccccc3)c(=O)c3ccccc23)CCNCC1. The molecule has 0 atom stereocenters. The maximum atomic E-state index is 14.3. The zero-order valence-corrected chi connectivity index (χ0v) is 17.8. The Balaban J connectivity index is 1.78. The van der Waals surface area contributed by atoms with Crippen LogP contribution < -0.4 is 10.9 Å². The van der Waals surface area contributed by atoms with Crippen molar-refractivity contribution in [3.05, 3.63) is 94.7 Å². The van der Waals surface area contributed by atoms with Gasteiger partial charge in [0.05, 0.1) is 11.1 Å². The van der Waals surface area contributed by atoms with Crippen LogP contribution in [0.2, 0.25) is 0 Å². The molecule has 1 fully saturated rings. The van der Waals surface area contributed by atoms with Crippen LogP contribution in [0.3, 0.4) is 0 Å². The first-order chi connectivity index (χ1) is 16.0. The number of hydrogen-bond donors (Lipinski definition) is 2. The van der Waals surface area contributed by atoms with E-state index in [1.54, 1.807) is 65.4 Å². The first kappa shape index (κ1) is 20.8. The Bertz CT molecular complexity index is 1420. The van der Waals surface area contributed by atoms with Gasteiger partial charge in [-0.15, -0.1) is 0 Å². The van der Waals surface area contributed by atoms with E-state index in [4.69, 9.17) is 0 Å². The summed E-state index contributed by atoms with van der Waals surface area (Å²) in [4.78, 5) is 39.4. The molecule has 0 aliphatic carbocycles. The zero-order valence-electron chi connectivity index (χ0n) is 17.8. The Hall–Kier alpha value is -4.04. The first-order valence-electron chi connectivity index (χ1n) is 10.8. The normalized spacial score (nSPS) is 15.4. The van der Waals surface area contributed by atoms with Gasteiger partial charge >= 0.3 is 5.97 Å². The number of Topliss-reactive ketones (excluding diaryl/α,β-unsaturated/α-hetero) is 1. The Morgan fingerprint density at radius 3 is 2.27 bits per heavy atom. The van der Waals surface area contributed by atoms with E-state index in [1.165, 1.54) is 10.7 Å². The van der Waals surface area contributed by atoms with E-state index in [0.29, 0.717) is 42.4 Å². The van der Waals surface area contributed by atoms with Gasteiger partial charge in [0.15, 0.2) is 0 Å². The number of piperidine rings is 1. The van der Waals surface area contributed by atoms with Gasteiger partial charge in [-0.1, -0.05) is 36.4 Å². The molecule has 166 valence electrons. The molecule has 3 heterocycles. The Labute approximate surface area is 189 Å². The molecule has 8 nitrogen and oxygen atoms in total. The van der Waals surface area contributed by atoms with Gasteiger partial charge in [-0.25, -0.2) is 4.79 Å². The summed E-state index contributed by atoms with van der Waals surface area (Å²) in [6.07, 6.45) is 2.45. The van der Waals surface area contributed by atoms with E-state index in [1.807, 2.05) is 6.07 Å². The molecule has 0 radical (unpaired) electrons. The highest BCUT2D eigenvalue weighted by Crippen LogP contribution is 2.34. The van der Waals surface area contributed by atoms with Crippen molar-refractivity contribution >= 4 is 22.5 Å². The number of nitrogens with one attached hydrogen (secondary N) is 1. The number of rotatable bonds is 5. The molecule has 8 heteroatoms. The number of carboxylic acids is 1. The van der Waals surface area contributed by atoms with Gasteiger partial charge in [0.2, 0.25) is 5.78 Å². The van der Waals surface area contributed by atoms with Crippen molar-refractivity contribution in [1.29, 1.82) is 0 Å². The highest BCUT2D eigenvalue weighted by molar-refractivity contribution is 6.10. The summed E-state index contributed by atoms with van der Waals surface area (Å²) in [5.74, 6) is -1.40. The Kier molecular flexibility index (Phi) is 5.14. The molecular weight excluding hydrogens is 420 g/mol. The van der Waals surface area contributed by atoms with E-state index in [2.05, 4.69) is 10.4 Å². The molecule has 1 aliphatic heterocycles. The molecule has 33 heavy (non-hydrogen) atoms. The number of fused-ring (bicyclic) bond motifs is 1. The van der Waals surface area contributed by atoms with Crippen LogP contribution in [-0.4, -0.2) is 44.3 Å². The number of benzene rings is 2. The Morgan fingerprint density at radius 2 is 1.58 bits per heavy atom. The van der Waals surface area contributed by atoms with Crippen LogP contribution in [-0.2, 0) is 5.54 Å². The summed E-state index contributed by atoms with van der Waals surface area (Å²) in [6, 6.07) is 19.0. The van der Waals surface area contributed by atoms with Crippen LogP contribution in [0, 0.1) is 0 Å². The number of aromatic carboxylic acids is 1. The standard InChI is InChI=1S/C25H22N4O4/c30-22(25(12-14-26-15-13-25)28-16-6-11-20(28)24(32)33)21-18-9-4-5-10-19(18)23(31)29(27-21)17-7-2-1-3-8-17/h1-11,16,26H,12-15H2,(H,32,33). The van der Waals surface area contributed by atoms with E-state index in [9.17, 15) is 19.5 Å². The van der Waals surface area contributed by atoms with Crippen molar-refractivity contribution in [3.63, 3.8) is 0 Å². The maximum Gasteiger partial charge on any atom is 0.352 e. The van der Waals surface area contributed by atoms with Crippen LogP contribution in [0.1, 0.15) is 33.8 Å². The third kappa shape index (κ3) is 3.35. The average molecular weight is 442 g/mol. The van der Waals surface area contributed by atoms with Gasteiger partial charge < -0.3 is 15.0 Å². The highest BCUT2D eigenvalue weighted by Gasteiger charge is 2.44. The number of para-hydroxylation sites is 1. The van der Waals surface area contributed by atoms with Crippen molar-refractivity contribution in [3.8, 4) is 5.69 Å². The smallest absolute Gasteiger partial charge is 0.352 e. The van der Waals surface area contributed by atoms with Crippen molar-refractivity contribution in [2.45, 2.75) is 18.4 Å². The Morgan fingerprint density at radius 1 is 0.909 bits per heavy atom. The second kappa shape index (κ2) is 8.14. The lowest BCUT2D eigenvalue weighted by molar-refractivity contribution is 0.0644. The molecule has 2 N–H and O–H groups in total. The number of nitrogens with zero attached hydrogens (tertiary/aromatic N) is 3. The molecule has 4 aromatic rings. The predicted molar refractivity (Wildman–Crippen MR) is 123 cm³/mol. The summed E-state index contributed by atoms with van der Waals surface area (Å²) in [6.45, 7) is 1.11. The molecule has 0 bridgehead atoms. The molecule has 1 saturated heterocycles. The minimum absolute atomic E-state index is 0.0472. The van der Waals surface area contributed by atoms with Crippen molar-refractivity contribution in [1.82, 2.24) is 19.7 Å². The third-order valence-corrected chi connectivity index (χ3v) is 6.30. The maximum absolute atomic E-state index is 14.3. The van der Waals surface area contributed by atoms with Crippen molar-refractivity contribution in [2.75, 3.05) is 13.1 Å². The van der Waals surface area contributed by atoms with Gasteiger partial charge in [0, 0.05) is 11.6 Å². The molecule has 0 amide bonds. The van der Waals surface area contributed by atoms with Gasteiger partial charge in [-0.2, -0.15) is 9.78 Å². The molecule has 0 saturated carbocycles. The summed E-state index contributed by atoms with van der Waals surface area (Å²) >= 11 is 0. The summed E-state index contributed by atoms with van der Waals surface area (Å²) in [5.41, 5.74) is -0.697. The average Bonchev–Trinajstić information content (AvgIpc) is 3.36. The van der Waals surface area contributed by atoms with E-state index in [-0.39, 0.29) is 22.7 Å². The number of hydrogen-bond acceptors (Lipinski definition) is 5. The molecular formula is C25H22N4O4. The van der Waals surface area contributed by atoms with Crippen molar-refractivity contribution < 1.29 is 14.7 Å². The second-order valence-corrected chi connectivity index (χ2v) is 8.13. The van der Waals surface area contributed by atoms with E-state index in [0.717, 1.165) is 0 Å². The highest BCUT2D eigenvalue weighted by atomic mass is 16.4. The molecule has 2 aromatic heterocycles. The number of carboxylic acid groups (broad SMARTS) is 1. The van der Waals surface area contributed by atoms with Gasteiger partial charge in [-0.3, -0.25) is 9.59 Å². The van der Waals surface area contributed by atoms with E-state index >= 15 is 0 Å². The third-order valence-electron chi connectivity index (χ3n) is 6.30. The number of ketones is 1. The summed E-state index contributed by atoms with van der Waals surface area (Å²) < 4.78 is 2.81. The largest absolute Gasteiger partial charge is 0.477 e. The first-order valence-corrected chi connectivity index (χ1v) is 10.8. The van der Waals surface area contributed by atoms with Crippen molar-refractivity contribution in [2.24, 2.45) is 0 Å². The molecule has 2 aromatic carbocycles. The predicted octanol–water partition coefficient (Wildman–Crippen LogP) is 2.85. The summed E-state index contributed by atoms with van der Waals surface area (Å²) in [5, 5.41) is 18.4. The minimum Gasteiger partial charge on any atom is -0.477 e. The number of carbonyl (C=O) groups excluding carboxylic acids is 1. The number of aromatic nitrogens is 3. The second-order valence-electron chi connectivity index (χ2n) is 8.13. The fourth-order valence-corrected chi connectivity index (χ4v) is 4.67. The fraction of sp³-hybridized carbons (Fsp3) is 0.200. The van der Waals surface area contributed by atoms with E-state index < -0.39 is 11.5 Å². The lowest BCUT2D eigenvalue weighted by atomic mass is 9.81. The van der Waals surface area contributed by atoms with Crippen LogP contribution in [0.15, 0.2) is 77.7 Å². The van der Waals surface area contributed by atoms with Crippen LogP contribution in [0.5, 0.6) is 0 Å². The topological polar surface area (TPSA) is 106 Å². The van der Waals surface area contributed by atoms with Gasteiger partial charge in [-0.05, 0) is 56.3 Å². The molecule has 1 aliphatic rings. The lowest BCUT2D eigenvalue weighted by Gasteiger charge is -2.38. The minimum atomic E-state index is -1.13. The van der Waals surface area contributed by atoms with Crippen LogP contribution in [0.25, 0.3) is 16.5 Å². The lowest BCUT2D eigenvalue weighted by Crippen LogP contribution is -2.51. The summed E-state index contributed by atoms with van der Waals surface area (Å²) in [7, 11) is 0. The molecule has 5 rings (SSSR count). The molecule has 0 spiro atoms. The van der Waals surface area contributed by atoms with Crippen LogP contribution >= 0.6 is 0 Å². The zero-order chi connectivity index (χ0) is 23.0.